The quantitative estimate of drug-likeness (QED) is 0.544. The maximum absolute atomic E-state index is 11.5. The largest absolute Gasteiger partial charge is 0.459 e. The second-order valence-corrected chi connectivity index (χ2v) is 4.45. The third kappa shape index (κ3) is 3.71. The highest BCUT2D eigenvalue weighted by Gasteiger charge is 2.12. The number of amides is 1. The summed E-state index contributed by atoms with van der Waals surface area (Å²) in [5.74, 6) is -0.119. The molecule has 0 spiro atoms. The average Bonchev–Trinajstić information content (AvgIpc) is 2.91. The molecule has 1 aliphatic heterocycles. The van der Waals surface area contributed by atoms with Gasteiger partial charge in [0.25, 0.3) is 0 Å². The van der Waals surface area contributed by atoms with Crippen molar-refractivity contribution in [2.45, 2.75) is 19.3 Å². The third-order valence-corrected chi connectivity index (χ3v) is 2.84. The number of hydrazine groups is 2. The number of thiocarbonyl (C=S) groups is 1. The van der Waals surface area contributed by atoms with Gasteiger partial charge in [-0.15, -0.1) is 0 Å². The van der Waals surface area contributed by atoms with Crippen molar-refractivity contribution in [3.8, 4) is 0 Å². The lowest BCUT2D eigenvalue weighted by molar-refractivity contribution is 0.0914. The van der Waals surface area contributed by atoms with Crippen LogP contribution in [0.4, 0.5) is 0 Å². The predicted octanol–water partition coefficient (Wildman–Crippen LogP) is 0.789. The molecule has 0 bridgehead atoms. The smallest absolute Gasteiger partial charge is 0.305 e. The van der Waals surface area contributed by atoms with Gasteiger partial charge in [-0.2, -0.15) is 0 Å². The average molecular weight is 268 g/mol. The van der Waals surface area contributed by atoms with Gasteiger partial charge in [0.1, 0.15) is 0 Å². The minimum absolute atomic E-state index is 0.239. The molecule has 0 saturated carbocycles. The molecule has 1 saturated heterocycles. The highest BCUT2D eigenvalue weighted by atomic mass is 32.1. The normalized spacial score (nSPS) is 16.0. The van der Waals surface area contributed by atoms with Crippen molar-refractivity contribution < 1.29 is 9.21 Å². The Balaban J connectivity index is 1.69. The molecule has 98 valence electrons. The van der Waals surface area contributed by atoms with Crippen LogP contribution in [-0.2, 0) is 0 Å². The fraction of sp³-hybridized carbons (Fsp3) is 0.455. The van der Waals surface area contributed by atoms with Crippen LogP contribution < -0.4 is 16.3 Å². The molecular weight excluding hydrogens is 252 g/mol. The van der Waals surface area contributed by atoms with Gasteiger partial charge in [-0.1, -0.05) is 6.42 Å². The Hall–Kier alpha value is -1.60. The Bertz CT molecular complexity index is 401. The van der Waals surface area contributed by atoms with Crippen LogP contribution in [0.1, 0.15) is 29.8 Å². The molecule has 1 amide bonds. The van der Waals surface area contributed by atoms with Crippen LogP contribution in [0.25, 0.3) is 0 Å². The molecule has 0 aromatic carbocycles. The molecule has 1 aromatic heterocycles. The van der Waals surface area contributed by atoms with Gasteiger partial charge in [-0.25, -0.2) is 5.01 Å². The molecule has 0 aliphatic carbocycles. The summed E-state index contributed by atoms with van der Waals surface area (Å²) in [7, 11) is 0. The number of carbonyl (C=O) groups is 1. The van der Waals surface area contributed by atoms with Gasteiger partial charge in [-0.3, -0.25) is 21.1 Å². The van der Waals surface area contributed by atoms with Crippen molar-refractivity contribution in [2.24, 2.45) is 0 Å². The highest BCUT2D eigenvalue weighted by Crippen LogP contribution is 2.05. The fourth-order valence-corrected chi connectivity index (χ4v) is 1.94. The van der Waals surface area contributed by atoms with Crippen molar-refractivity contribution in [2.75, 3.05) is 13.1 Å². The molecule has 0 unspecified atom stereocenters. The monoisotopic (exact) mass is 268 g/mol. The number of nitrogens with one attached hydrogen (secondary N) is 3. The van der Waals surface area contributed by atoms with E-state index in [1.807, 2.05) is 5.01 Å². The topological polar surface area (TPSA) is 69.5 Å². The first-order valence-corrected chi connectivity index (χ1v) is 6.32. The molecule has 1 aliphatic rings. The number of furan rings is 1. The Labute approximate surface area is 111 Å². The Kier molecular flexibility index (Phi) is 4.54. The number of hydrogen-bond donors (Lipinski definition) is 3. The first-order valence-electron chi connectivity index (χ1n) is 5.91. The second-order valence-electron chi connectivity index (χ2n) is 4.05. The number of piperidine rings is 1. The first kappa shape index (κ1) is 12.8. The molecular formula is C11H16N4O2S. The lowest BCUT2D eigenvalue weighted by Gasteiger charge is -2.28. The number of rotatable bonds is 2. The minimum atomic E-state index is -0.359. The van der Waals surface area contributed by atoms with Crippen molar-refractivity contribution in [1.29, 1.82) is 0 Å². The number of carbonyl (C=O) groups excluding carboxylic acids is 1. The van der Waals surface area contributed by atoms with Gasteiger partial charge < -0.3 is 4.42 Å². The SMILES string of the molecule is O=C(NNC(=S)NN1CCCCC1)c1ccco1. The van der Waals surface area contributed by atoms with E-state index in [1.165, 1.54) is 12.7 Å². The van der Waals surface area contributed by atoms with Crippen molar-refractivity contribution in [1.82, 2.24) is 21.3 Å². The van der Waals surface area contributed by atoms with Crippen LogP contribution in [0.2, 0.25) is 0 Å². The van der Waals surface area contributed by atoms with Crippen molar-refractivity contribution >= 4 is 23.2 Å². The van der Waals surface area contributed by atoms with Crippen LogP contribution in [0.3, 0.4) is 0 Å². The van der Waals surface area contributed by atoms with E-state index in [4.69, 9.17) is 16.6 Å². The number of hydrogen-bond acceptors (Lipinski definition) is 4. The molecule has 6 nitrogen and oxygen atoms in total. The summed E-state index contributed by atoms with van der Waals surface area (Å²) < 4.78 is 4.95. The summed E-state index contributed by atoms with van der Waals surface area (Å²) in [6, 6.07) is 3.23. The van der Waals surface area contributed by atoms with Gasteiger partial charge in [0.15, 0.2) is 10.9 Å². The van der Waals surface area contributed by atoms with Crippen molar-refractivity contribution in [3.63, 3.8) is 0 Å². The Morgan fingerprint density at radius 2 is 2.06 bits per heavy atom. The summed E-state index contributed by atoms with van der Waals surface area (Å²) in [6.45, 7) is 1.93. The summed E-state index contributed by atoms with van der Waals surface area (Å²) in [5.41, 5.74) is 8.13. The number of nitrogens with zero attached hydrogens (tertiary/aromatic N) is 1. The maximum atomic E-state index is 11.5. The summed E-state index contributed by atoms with van der Waals surface area (Å²) in [6.07, 6.45) is 5.02. The van der Waals surface area contributed by atoms with E-state index in [2.05, 4.69) is 16.3 Å². The van der Waals surface area contributed by atoms with E-state index in [-0.39, 0.29) is 11.7 Å². The maximum Gasteiger partial charge on any atom is 0.305 e. The van der Waals surface area contributed by atoms with E-state index >= 15 is 0 Å². The van der Waals surface area contributed by atoms with Crippen molar-refractivity contribution in [3.05, 3.63) is 24.2 Å². The van der Waals surface area contributed by atoms with E-state index < -0.39 is 0 Å². The van der Waals surface area contributed by atoms with Gasteiger partial charge >= 0.3 is 5.91 Å². The Morgan fingerprint density at radius 1 is 1.28 bits per heavy atom. The summed E-state index contributed by atoms with van der Waals surface area (Å²) >= 11 is 5.07. The van der Waals surface area contributed by atoms with Crippen LogP contribution >= 0.6 is 12.2 Å². The zero-order chi connectivity index (χ0) is 12.8. The standard InChI is InChI=1S/C11H16N4O2S/c16-10(9-5-4-8-17-9)12-13-11(18)14-15-6-2-1-3-7-15/h4-5,8H,1-3,6-7H2,(H,12,16)(H2,13,14,18). The zero-order valence-corrected chi connectivity index (χ0v) is 10.8. The van der Waals surface area contributed by atoms with Crippen LogP contribution in [-0.4, -0.2) is 29.1 Å². The van der Waals surface area contributed by atoms with E-state index in [0.29, 0.717) is 5.11 Å². The van der Waals surface area contributed by atoms with Crippen LogP contribution in [0, 0.1) is 0 Å². The molecule has 18 heavy (non-hydrogen) atoms. The van der Waals surface area contributed by atoms with E-state index in [1.54, 1.807) is 12.1 Å². The lowest BCUT2D eigenvalue weighted by atomic mass is 10.2. The molecule has 1 aromatic rings. The Morgan fingerprint density at radius 3 is 2.72 bits per heavy atom. The molecule has 0 radical (unpaired) electrons. The lowest BCUT2D eigenvalue weighted by Crippen LogP contribution is -2.53. The second kappa shape index (κ2) is 6.36. The third-order valence-electron chi connectivity index (χ3n) is 2.65. The minimum Gasteiger partial charge on any atom is -0.459 e. The van der Waals surface area contributed by atoms with Gasteiger partial charge in [-0.05, 0) is 37.2 Å². The molecule has 2 heterocycles. The fourth-order valence-electron chi connectivity index (χ4n) is 1.76. The van der Waals surface area contributed by atoms with E-state index in [9.17, 15) is 4.79 Å². The predicted molar refractivity (Wildman–Crippen MR) is 70.5 cm³/mol. The molecule has 1 fully saturated rings. The summed E-state index contributed by atoms with van der Waals surface area (Å²) in [5, 5.41) is 2.41. The molecule has 2 rings (SSSR count). The van der Waals surface area contributed by atoms with Crippen LogP contribution in [0.5, 0.6) is 0 Å². The zero-order valence-electron chi connectivity index (χ0n) is 9.94. The van der Waals surface area contributed by atoms with Crippen LogP contribution in [0.15, 0.2) is 22.8 Å². The first-order chi connectivity index (χ1) is 8.75. The van der Waals surface area contributed by atoms with Gasteiger partial charge in [0.2, 0.25) is 0 Å². The summed E-state index contributed by atoms with van der Waals surface area (Å²) in [4.78, 5) is 11.5. The molecule has 7 heteroatoms. The van der Waals surface area contributed by atoms with Gasteiger partial charge in [0.05, 0.1) is 6.26 Å². The molecule has 3 N–H and O–H groups in total. The van der Waals surface area contributed by atoms with E-state index in [0.717, 1.165) is 25.9 Å². The molecule has 0 atom stereocenters. The highest BCUT2D eigenvalue weighted by molar-refractivity contribution is 7.80. The van der Waals surface area contributed by atoms with Gasteiger partial charge in [0, 0.05) is 13.1 Å².